The minimum absolute atomic E-state index is 0.0893. The first-order valence-electron chi connectivity index (χ1n) is 5.40. The molecule has 0 amide bonds. The van der Waals surface area contributed by atoms with Gasteiger partial charge in [0.15, 0.2) is 24.7 Å². The Balaban J connectivity index is 2.28. The summed E-state index contributed by atoms with van der Waals surface area (Å²) in [5, 5.41) is 0. The van der Waals surface area contributed by atoms with Crippen molar-refractivity contribution in [1.29, 1.82) is 0 Å². The van der Waals surface area contributed by atoms with E-state index < -0.39 is 0 Å². The topological polar surface area (TPSA) is 20.9 Å². The number of halogens is 1. The molecular weight excluding hydrogens is 278 g/mol. The molecule has 0 spiro atoms. The standard InChI is InChI=1S/C14H13BrNO/c1-11(17)12-6-4-8-16(9-12)10-13-5-2-3-7-14(13)15/h2-9H,10H2,1H3/q+1. The molecule has 17 heavy (non-hydrogen) atoms. The van der Waals surface area contributed by atoms with Gasteiger partial charge in [0.05, 0.1) is 5.56 Å². The van der Waals surface area contributed by atoms with Crippen LogP contribution in [-0.4, -0.2) is 5.78 Å². The zero-order valence-electron chi connectivity index (χ0n) is 9.56. The van der Waals surface area contributed by atoms with Crippen LogP contribution in [0, 0.1) is 0 Å². The third kappa shape index (κ3) is 3.01. The molecule has 2 rings (SSSR count). The summed E-state index contributed by atoms with van der Waals surface area (Å²) in [6.45, 7) is 2.33. The summed E-state index contributed by atoms with van der Waals surface area (Å²) in [7, 11) is 0. The number of nitrogens with zero attached hydrogens (tertiary/aromatic N) is 1. The van der Waals surface area contributed by atoms with Gasteiger partial charge in [0.25, 0.3) is 0 Å². The van der Waals surface area contributed by atoms with Gasteiger partial charge < -0.3 is 0 Å². The first-order valence-corrected chi connectivity index (χ1v) is 6.19. The summed E-state index contributed by atoms with van der Waals surface area (Å²) in [5.41, 5.74) is 1.93. The highest BCUT2D eigenvalue weighted by molar-refractivity contribution is 9.10. The van der Waals surface area contributed by atoms with Gasteiger partial charge >= 0.3 is 0 Å². The lowest BCUT2D eigenvalue weighted by atomic mass is 10.2. The third-order valence-electron chi connectivity index (χ3n) is 2.58. The van der Waals surface area contributed by atoms with E-state index in [-0.39, 0.29) is 5.78 Å². The molecule has 0 unspecified atom stereocenters. The molecule has 1 aromatic carbocycles. The molecule has 2 nitrogen and oxygen atoms in total. The van der Waals surface area contributed by atoms with Gasteiger partial charge in [-0.25, -0.2) is 4.57 Å². The highest BCUT2D eigenvalue weighted by atomic mass is 79.9. The van der Waals surface area contributed by atoms with E-state index in [0.29, 0.717) is 0 Å². The van der Waals surface area contributed by atoms with Crippen LogP contribution in [0.5, 0.6) is 0 Å². The lowest BCUT2D eigenvalue weighted by Crippen LogP contribution is -2.34. The van der Waals surface area contributed by atoms with Crippen LogP contribution >= 0.6 is 15.9 Å². The number of aromatic nitrogens is 1. The number of hydrogen-bond donors (Lipinski definition) is 0. The number of pyridine rings is 1. The van der Waals surface area contributed by atoms with Crippen LogP contribution in [0.4, 0.5) is 0 Å². The Morgan fingerprint density at radius 3 is 2.71 bits per heavy atom. The second kappa shape index (κ2) is 5.23. The molecule has 86 valence electrons. The smallest absolute Gasteiger partial charge is 0.179 e. The van der Waals surface area contributed by atoms with Gasteiger partial charge in [0.1, 0.15) is 0 Å². The molecule has 0 atom stereocenters. The highest BCUT2D eigenvalue weighted by Crippen LogP contribution is 2.15. The summed E-state index contributed by atoms with van der Waals surface area (Å²) in [6, 6.07) is 11.8. The van der Waals surface area contributed by atoms with Crippen molar-refractivity contribution in [1.82, 2.24) is 0 Å². The second-order valence-corrected chi connectivity index (χ2v) is 4.77. The molecule has 1 heterocycles. The van der Waals surface area contributed by atoms with Gasteiger partial charge in [-0.05, 0) is 19.1 Å². The van der Waals surface area contributed by atoms with Gasteiger partial charge in [0, 0.05) is 16.1 Å². The molecule has 3 heteroatoms. The molecule has 0 saturated carbocycles. The first kappa shape index (κ1) is 12.0. The van der Waals surface area contributed by atoms with Crippen molar-refractivity contribution in [3.05, 3.63) is 64.4 Å². The van der Waals surface area contributed by atoms with Crippen molar-refractivity contribution in [3.63, 3.8) is 0 Å². The largest absolute Gasteiger partial charge is 0.294 e. The Morgan fingerprint density at radius 2 is 2.00 bits per heavy atom. The van der Waals surface area contributed by atoms with E-state index in [9.17, 15) is 4.79 Å². The maximum absolute atomic E-state index is 11.3. The summed E-state index contributed by atoms with van der Waals surface area (Å²) in [6.07, 6.45) is 3.84. The van der Waals surface area contributed by atoms with Gasteiger partial charge in [-0.15, -0.1) is 0 Å². The molecule has 2 aromatic rings. The molecule has 0 radical (unpaired) electrons. The molecule has 0 aliphatic carbocycles. The number of carbonyl (C=O) groups is 1. The average Bonchev–Trinajstić information content (AvgIpc) is 2.32. The maximum Gasteiger partial charge on any atom is 0.179 e. The minimum atomic E-state index is 0.0893. The quantitative estimate of drug-likeness (QED) is 0.629. The number of benzene rings is 1. The Morgan fingerprint density at radius 1 is 1.24 bits per heavy atom. The summed E-state index contributed by atoms with van der Waals surface area (Å²) >= 11 is 3.52. The monoisotopic (exact) mass is 290 g/mol. The van der Waals surface area contributed by atoms with Gasteiger partial charge in [-0.2, -0.15) is 0 Å². The molecule has 0 aliphatic rings. The van der Waals surface area contributed by atoms with Crippen LogP contribution in [0.15, 0.2) is 53.3 Å². The van der Waals surface area contributed by atoms with E-state index >= 15 is 0 Å². The fourth-order valence-electron chi connectivity index (χ4n) is 1.65. The molecule has 0 fully saturated rings. The molecular formula is C14H13BrNO+. The van der Waals surface area contributed by atoms with Crippen molar-refractivity contribution in [2.24, 2.45) is 0 Å². The van der Waals surface area contributed by atoms with Gasteiger partial charge in [-0.3, -0.25) is 4.79 Å². The van der Waals surface area contributed by atoms with Crippen molar-refractivity contribution in [2.75, 3.05) is 0 Å². The predicted molar refractivity (Wildman–Crippen MR) is 69.9 cm³/mol. The molecule has 0 bridgehead atoms. The minimum Gasteiger partial charge on any atom is -0.294 e. The molecule has 0 aliphatic heterocycles. The lowest BCUT2D eigenvalue weighted by Gasteiger charge is -2.01. The number of rotatable bonds is 3. The Labute approximate surface area is 109 Å². The highest BCUT2D eigenvalue weighted by Gasteiger charge is 2.08. The van der Waals surface area contributed by atoms with E-state index in [0.717, 1.165) is 16.6 Å². The number of ketones is 1. The van der Waals surface area contributed by atoms with Crippen molar-refractivity contribution >= 4 is 21.7 Å². The zero-order valence-corrected chi connectivity index (χ0v) is 11.1. The number of carbonyl (C=O) groups excluding carboxylic acids is 1. The van der Waals surface area contributed by atoms with Gasteiger partial charge in [0.2, 0.25) is 0 Å². The Bertz CT molecular complexity index is 551. The molecule has 0 N–H and O–H groups in total. The van der Waals surface area contributed by atoms with Crippen molar-refractivity contribution in [2.45, 2.75) is 13.5 Å². The maximum atomic E-state index is 11.3. The van der Waals surface area contributed by atoms with E-state index in [4.69, 9.17) is 0 Å². The first-order chi connectivity index (χ1) is 8.16. The predicted octanol–water partition coefficient (Wildman–Crippen LogP) is 2.99. The zero-order chi connectivity index (χ0) is 12.3. The van der Waals surface area contributed by atoms with Crippen LogP contribution in [-0.2, 0) is 6.54 Å². The summed E-state index contributed by atoms with van der Waals surface area (Å²) in [5.74, 6) is 0.0893. The van der Waals surface area contributed by atoms with E-state index in [2.05, 4.69) is 22.0 Å². The van der Waals surface area contributed by atoms with Crippen LogP contribution < -0.4 is 4.57 Å². The average molecular weight is 291 g/mol. The van der Waals surface area contributed by atoms with E-state index in [1.165, 1.54) is 5.56 Å². The SMILES string of the molecule is CC(=O)c1ccc[n+](Cc2ccccc2Br)c1. The fourth-order valence-corrected chi connectivity index (χ4v) is 2.06. The summed E-state index contributed by atoms with van der Waals surface area (Å²) in [4.78, 5) is 11.3. The lowest BCUT2D eigenvalue weighted by molar-refractivity contribution is -0.688. The van der Waals surface area contributed by atoms with Crippen LogP contribution in [0.2, 0.25) is 0 Å². The van der Waals surface area contributed by atoms with Gasteiger partial charge in [-0.1, -0.05) is 34.1 Å². The second-order valence-electron chi connectivity index (χ2n) is 3.91. The molecule has 0 saturated heterocycles. The Hall–Kier alpha value is -1.48. The number of Topliss-reactive ketones (excluding diaryl/α,β-unsaturated/α-hetero) is 1. The van der Waals surface area contributed by atoms with Crippen LogP contribution in [0.1, 0.15) is 22.8 Å². The van der Waals surface area contributed by atoms with Crippen molar-refractivity contribution in [3.8, 4) is 0 Å². The Kier molecular flexibility index (Phi) is 3.69. The van der Waals surface area contributed by atoms with Crippen LogP contribution in [0.25, 0.3) is 0 Å². The van der Waals surface area contributed by atoms with E-state index in [1.807, 2.05) is 47.3 Å². The molecule has 1 aromatic heterocycles. The van der Waals surface area contributed by atoms with Crippen LogP contribution in [0.3, 0.4) is 0 Å². The third-order valence-corrected chi connectivity index (χ3v) is 3.35. The number of hydrogen-bond acceptors (Lipinski definition) is 1. The fraction of sp³-hybridized carbons (Fsp3) is 0.143. The van der Waals surface area contributed by atoms with Crippen molar-refractivity contribution < 1.29 is 9.36 Å². The van der Waals surface area contributed by atoms with E-state index in [1.54, 1.807) is 6.92 Å². The summed E-state index contributed by atoms with van der Waals surface area (Å²) < 4.78 is 3.09. The normalized spacial score (nSPS) is 10.2.